The van der Waals surface area contributed by atoms with Crippen LogP contribution in [0.3, 0.4) is 0 Å². The lowest BCUT2D eigenvalue weighted by Crippen LogP contribution is -2.19. The van der Waals surface area contributed by atoms with Crippen molar-refractivity contribution in [3.8, 4) is 5.75 Å². The third-order valence-corrected chi connectivity index (χ3v) is 4.51. The molecule has 0 atom stereocenters. The molecule has 0 aliphatic heterocycles. The van der Waals surface area contributed by atoms with Crippen molar-refractivity contribution in [1.82, 2.24) is 5.43 Å². The number of halogens is 2. The minimum absolute atomic E-state index is 0.0985. The van der Waals surface area contributed by atoms with Crippen LogP contribution in [0.1, 0.15) is 22.8 Å². The smallest absolute Gasteiger partial charge is 0.275 e. The lowest BCUT2D eigenvalue weighted by Gasteiger charge is -2.07. The van der Waals surface area contributed by atoms with E-state index in [1.165, 1.54) is 0 Å². The number of fused-ring (bicyclic) bond motifs is 1. The van der Waals surface area contributed by atoms with E-state index >= 15 is 0 Å². The van der Waals surface area contributed by atoms with Crippen molar-refractivity contribution >= 4 is 45.6 Å². The minimum Gasteiger partial charge on any atom is -0.507 e. The second-order valence-corrected chi connectivity index (χ2v) is 6.30. The van der Waals surface area contributed by atoms with Gasteiger partial charge in [0.15, 0.2) is 0 Å². The molecule has 0 saturated heterocycles. The number of carbonyl (C=O) groups is 1. The fraction of sp³-hybridized carbons (Fsp3) is 0.0526. The van der Waals surface area contributed by atoms with Gasteiger partial charge in [0.25, 0.3) is 5.91 Å². The van der Waals surface area contributed by atoms with E-state index in [2.05, 4.69) is 10.5 Å². The number of aromatic hydroxyl groups is 1. The number of hydrogen-bond acceptors (Lipinski definition) is 3. The summed E-state index contributed by atoms with van der Waals surface area (Å²) in [5.74, 6) is -0.596. The Morgan fingerprint density at radius 2 is 1.68 bits per heavy atom. The molecule has 0 unspecified atom stereocenters. The highest BCUT2D eigenvalue weighted by Crippen LogP contribution is 2.25. The highest BCUT2D eigenvalue weighted by atomic mass is 35.5. The Labute approximate surface area is 154 Å². The third-order valence-electron chi connectivity index (χ3n) is 3.77. The lowest BCUT2D eigenvalue weighted by atomic mass is 10.1. The molecule has 126 valence electrons. The van der Waals surface area contributed by atoms with Gasteiger partial charge in [-0.05, 0) is 47.5 Å². The Morgan fingerprint density at radius 1 is 1.00 bits per heavy atom. The molecule has 0 heterocycles. The van der Waals surface area contributed by atoms with Gasteiger partial charge in [0.2, 0.25) is 0 Å². The molecular formula is C19H14Cl2N2O2. The summed E-state index contributed by atoms with van der Waals surface area (Å²) in [6.07, 6.45) is 0. The monoisotopic (exact) mass is 372 g/mol. The summed E-state index contributed by atoms with van der Waals surface area (Å²) in [5.41, 5.74) is 3.90. The van der Waals surface area contributed by atoms with E-state index in [0.29, 0.717) is 15.8 Å². The van der Waals surface area contributed by atoms with Gasteiger partial charge in [0, 0.05) is 0 Å². The summed E-state index contributed by atoms with van der Waals surface area (Å²) in [4.78, 5) is 12.3. The standard InChI is InChI=1S/C19H14Cl2N2O2/c1-11(12-6-7-16(20)17(21)9-12)22-23-19(25)15-8-13-4-2-3-5-14(13)10-18(15)24/h2-10,24H,1H3,(H,23,25)/b22-11+. The summed E-state index contributed by atoms with van der Waals surface area (Å²) in [6.45, 7) is 1.74. The van der Waals surface area contributed by atoms with Crippen molar-refractivity contribution in [3.05, 3.63) is 75.8 Å². The molecule has 0 bridgehead atoms. The number of nitrogens with one attached hydrogen (secondary N) is 1. The lowest BCUT2D eigenvalue weighted by molar-refractivity contribution is 0.0952. The molecule has 0 aliphatic rings. The number of hydrazone groups is 1. The van der Waals surface area contributed by atoms with Crippen LogP contribution < -0.4 is 5.43 Å². The van der Waals surface area contributed by atoms with Gasteiger partial charge >= 0.3 is 0 Å². The number of amides is 1. The zero-order valence-electron chi connectivity index (χ0n) is 13.3. The van der Waals surface area contributed by atoms with Crippen LogP contribution in [0.2, 0.25) is 10.0 Å². The quantitative estimate of drug-likeness (QED) is 0.501. The summed E-state index contributed by atoms with van der Waals surface area (Å²) < 4.78 is 0. The summed E-state index contributed by atoms with van der Waals surface area (Å²) in [7, 11) is 0. The van der Waals surface area contributed by atoms with Crippen molar-refractivity contribution in [2.24, 2.45) is 5.10 Å². The average Bonchev–Trinajstić information content (AvgIpc) is 2.61. The maximum atomic E-state index is 12.3. The Balaban J connectivity index is 1.84. The number of benzene rings is 3. The molecule has 6 heteroatoms. The number of phenolic OH excluding ortho intramolecular Hbond substituents is 1. The van der Waals surface area contributed by atoms with Crippen LogP contribution in [-0.4, -0.2) is 16.7 Å². The first-order chi connectivity index (χ1) is 12.0. The van der Waals surface area contributed by atoms with E-state index in [0.717, 1.165) is 16.3 Å². The van der Waals surface area contributed by atoms with E-state index in [1.54, 1.807) is 37.3 Å². The maximum absolute atomic E-state index is 12.3. The van der Waals surface area contributed by atoms with Crippen molar-refractivity contribution in [2.45, 2.75) is 6.92 Å². The second-order valence-electron chi connectivity index (χ2n) is 5.48. The van der Waals surface area contributed by atoms with Gasteiger partial charge in [0.05, 0.1) is 21.3 Å². The van der Waals surface area contributed by atoms with E-state index in [-0.39, 0.29) is 11.3 Å². The number of hydrogen-bond donors (Lipinski definition) is 2. The van der Waals surface area contributed by atoms with Crippen LogP contribution in [0.15, 0.2) is 59.7 Å². The van der Waals surface area contributed by atoms with Crippen LogP contribution >= 0.6 is 23.2 Å². The van der Waals surface area contributed by atoms with Crippen LogP contribution in [0, 0.1) is 0 Å². The van der Waals surface area contributed by atoms with Crippen LogP contribution in [-0.2, 0) is 0 Å². The number of carbonyl (C=O) groups excluding carboxylic acids is 1. The predicted octanol–water partition coefficient (Wildman–Crippen LogP) is 5.01. The van der Waals surface area contributed by atoms with Gasteiger partial charge in [0.1, 0.15) is 5.75 Å². The molecule has 3 rings (SSSR count). The normalized spacial score (nSPS) is 11.6. The summed E-state index contributed by atoms with van der Waals surface area (Å²) >= 11 is 11.9. The molecule has 1 amide bonds. The molecule has 0 saturated carbocycles. The molecule has 4 nitrogen and oxygen atoms in total. The first-order valence-corrected chi connectivity index (χ1v) is 8.23. The highest BCUT2D eigenvalue weighted by molar-refractivity contribution is 6.42. The van der Waals surface area contributed by atoms with E-state index in [9.17, 15) is 9.90 Å². The average molecular weight is 373 g/mol. The predicted molar refractivity (Wildman–Crippen MR) is 102 cm³/mol. The Morgan fingerprint density at radius 3 is 2.36 bits per heavy atom. The molecule has 3 aromatic carbocycles. The largest absolute Gasteiger partial charge is 0.507 e. The summed E-state index contributed by atoms with van der Waals surface area (Å²) in [6, 6.07) is 15.7. The maximum Gasteiger partial charge on any atom is 0.275 e. The molecule has 0 spiro atoms. The number of rotatable bonds is 3. The van der Waals surface area contributed by atoms with Crippen molar-refractivity contribution in [2.75, 3.05) is 0 Å². The van der Waals surface area contributed by atoms with Gasteiger partial charge < -0.3 is 5.11 Å². The number of nitrogens with zero attached hydrogens (tertiary/aromatic N) is 1. The third kappa shape index (κ3) is 3.76. The minimum atomic E-state index is -0.498. The van der Waals surface area contributed by atoms with E-state index < -0.39 is 5.91 Å². The Hall–Kier alpha value is -2.56. The number of phenols is 1. The van der Waals surface area contributed by atoms with Gasteiger partial charge in [-0.3, -0.25) is 4.79 Å². The fourth-order valence-corrected chi connectivity index (χ4v) is 2.69. The molecule has 0 fully saturated rings. The first kappa shape index (κ1) is 17.3. The molecule has 0 aliphatic carbocycles. The van der Waals surface area contributed by atoms with Gasteiger partial charge in [-0.2, -0.15) is 5.10 Å². The first-order valence-electron chi connectivity index (χ1n) is 7.47. The molecule has 0 radical (unpaired) electrons. The topological polar surface area (TPSA) is 61.7 Å². The summed E-state index contributed by atoms with van der Waals surface area (Å²) in [5, 5.41) is 16.7. The Bertz CT molecular complexity index is 1000. The fourth-order valence-electron chi connectivity index (χ4n) is 2.39. The molecule has 25 heavy (non-hydrogen) atoms. The van der Waals surface area contributed by atoms with Crippen LogP contribution in [0.4, 0.5) is 0 Å². The molecule has 2 N–H and O–H groups in total. The highest BCUT2D eigenvalue weighted by Gasteiger charge is 2.12. The zero-order chi connectivity index (χ0) is 18.0. The van der Waals surface area contributed by atoms with Crippen molar-refractivity contribution < 1.29 is 9.90 Å². The van der Waals surface area contributed by atoms with Gasteiger partial charge in [-0.15, -0.1) is 0 Å². The van der Waals surface area contributed by atoms with Gasteiger partial charge in [-0.1, -0.05) is 53.5 Å². The molecule has 3 aromatic rings. The molecular weight excluding hydrogens is 359 g/mol. The molecule has 0 aromatic heterocycles. The zero-order valence-corrected chi connectivity index (χ0v) is 14.8. The van der Waals surface area contributed by atoms with Crippen LogP contribution in [0.5, 0.6) is 5.75 Å². The van der Waals surface area contributed by atoms with Crippen molar-refractivity contribution in [1.29, 1.82) is 0 Å². The van der Waals surface area contributed by atoms with Crippen LogP contribution in [0.25, 0.3) is 10.8 Å². The van der Waals surface area contributed by atoms with Crippen molar-refractivity contribution in [3.63, 3.8) is 0 Å². The van der Waals surface area contributed by atoms with E-state index in [1.807, 2.05) is 24.3 Å². The Kier molecular flexibility index (Phi) is 4.93. The second kappa shape index (κ2) is 7.13. The van der Waals surface area contributed by atoms with Gasteiger partial charge in [-0.25, -0.2) is 5.43 Å². The van der Waals surface area contributed by atoms with E-state index in [4.69, 9.17) is 23.2 Å². The SMILES string of the molecule is C/C(=N\NC(=O)c1cc2ccccc2cc1O)c1ccc(Cl)c(Cl)c1.